The first-order chi connectivity index (χ1) is 8.61. The summed E-state index contributed by atoms with van der Waals surface area (Å²) in [5.74, 6) is 0. The highest BCUT2D eigenvalue weighted by Crippen LogP contribution is 2.26. The van der Waals surface area contributed by atoms with Crippen LogP contribution in [0.15, 0.2) is 12.1 Å². The molecule has 0 atom stereocenters. The van der Waals surface area contributed by atoms with Crippen molar-refractivity contribution in [3.8, 4) is 0 Å². The Bertz CT molecular complexity index is 437. The molecule has 0 spiro atoms. The summed E-state index contributed by atoms with van der Waals surface area (Å²) in [7, 11) is 0. The highest BCUT2D eigenvalue weighted by Gasteiger charge is 2.23. The van der Waals surface area contributed by atoms with E-state index in [1.165, 1.54) is 41.8 Å². The van der Waals surface area contributed by atoms with Crippen LogP contribution >= 0.6 is 0 Å². The first-order valence-corrected chi connectivity index (χ1v) is 7.05. The van der Waals surface area contributed by atoms with Gasteiger partial charge < -0.3 is 0 Å². The van der Waals surface area contributed by atoms with Crippen molar-refractivity contribution in [3.05, 3.63) is 28.8 Å². The van der Waals surface area contributed by atoms with E-state index in [1.54, 1.807) is 0 Å². The van der Waals surface area contributed by atoms with Crippen molar-refractivity contribution in [2.24, 2.45) is 0 Å². The van der Waals surface area contributed by atoms with Gasteiger partial charge in [0.05, 0.1) is 6.54 Å². The maximum atomic E-state index is 2.45. The molecule has 0 amide bonds. The van der Waals surface area contributed by atoms with E-state index in [-0.39, 0.29) is 0 Å². The minimum absolute atomic E-state index is 1.12. The lowest BCUT2D eigenvalue weighted by molar-refractivity contribution is -0.514. The Balaban J connectivity index is 2.21. The van der Waals surface area contributed by atoms with Crippen LogP contribution in [0.2, 0.25) is 0 Å². The number of anilines is 1. The van der Waals surface area contributed by atoms with E-state index in [0.29, 0.717) is 0 Å². The van der Waals surface area contributed by atoms with E-state index in [2.05, 4.69) is 55.6 Å². The molecule has 0 saturated heterocycles. The Kier molecular flexibility index (Phi) is 4.05. The van der Waals surface area contributed by atoms with E-state index < -0.39 is 0 Å². The third-order valence-electron chi connectivity index (χ3n) is 3.65. The van der Waals surface area contributed by atoms with E-state index in [9.17, 15) is 0 Å². The molecule has 18 heavy (non-hydrogen) atoms. The molecule has 0 unspecified atom stereocenters. The number of hydrogen-bond donors (Lipinski definition) is 0. The van der Waals surface area contributed by atoms with Gasteiger partial charge in [0.15, 0.2) is 0 Å². The zero-order chi connectivity index (χ0) is 13.1. The molecule has 2 heteroatoms. The lowest BCUT2D eigenvalue weighted by Gasteiger charge is -2.13. The maximum absolute atomic E-state index is 2.45. The SMILES string of the molecule is CCCC[N+]1=CN(c2c(C)cc(C)cc2C)CC1. The summed E-state index contributed by atoms with van der Waals surface area (Å²) in [6.45, 7) is 12.3. The van der Waals surface area contributed by atoms with Gasteiger partial charge in [-0.05, 0) is 38.3 Å². The highest BCUT2D eigenvalue weighted by atomic mass is 15.3. The molecular weight excluding hydrogens is 220 g/mol. The molecule has 0 saturated carbocycles. The van der Waals surface area contributed by atoms with Crippen molar-refractivity contribution in [1.29, 1.82) is 0 Å². The minimum Gasteiger partial charge on any atom is -0.264 e. The summed E-state index contributed by atoms with van der Waals surface area (Å²) < 4.78 is 2.45. The van der Waals surface area contributed by atoms with Crippen LogP contribution in [0.4, 0.5) is 5.69 Å². The van der Waals surface area contributed by atoms with E-state index >= 15 is 0 Å². The quantitative estimate of drug-likeness (QED) is 0.738. The molecule has 0 aliphatic carbocycles. The highest BCUT2D eigenvalue weighted by molar-refractivity contribution is 5.80. The predicted octanol–water partition coefficient (Wildman–Crippen LogP) is 3.27. The van der Waals surface area contributed by atoms with E-state index in [1.807, 2.05) is 0 Å². The van der Waals surface area contributed by atoms with Gasteiger partial charge >= 0.3 is 0 Å². The summed E-state index contributed by atoms with van der Waals surface area (Å²) in [4.78, 5) is 2.42. The summed E-state index contributed by atoms with van der Waals surface area (Å²) in [5, 5.41) is 0. The Morgan fingerprint density at radius 3 is 2.44 bits per heavy atom. The van der Waals surface area contributed by atoms with Crippen LogP contribution in [0.25, 0.3) is 0 Å². The number of nitrogens with zero attached hydrogens (tertiary/aromatic N) is 2. The Hall–Kier alpha value is -1.31. The van der Waals surface area contributed by atoms with Crippen molar-refractivity contribution in [1.82, 2.24) is 0 Å². The van der Waals surface area contributed by atoms with E-state index in [4.69, 9.17) is 0 Å². The molecule has 1 heterocycles. The van der Waals surface area contributed by atoms with Crippen LogP contribution in [0.3, 0.4) is 0 Å². The number of aryl methyl sites for hydroxylation is 3. The van der Waals surface area contributed by atoms with Gasteiger partial charge in [-0.25, -0.2) is 4.90 Å². The second-order valence-corrected chi connectivity index (χ2v) is 5.45. The molecule has 0 bridgehead atoms. The Morgan fingerprint density at radius 1 is 1.17 bits per heavy atom. The second-order valence-electron chi connectivity index (χ2n) is 5.45. The molecule has 1 aliphatic heterocycles. The Labute approximate surface area is 111 Å². The average molecular weight is 245 g/mol. The van der Waals surface area contributed by atoms with Crippen LogP contribution < -0.4 is 4.90 Å². The fourth-order valence-electron chi connectivity index (χ4n) is 2.87. The zero-order valence-electron chi connectivity index (χ0n) is 12.2. The molecule has 1 aliphatic rings. The fraction of sp³-hybridized carbons (Fsp3) is 0.562. The number of unbranched alkanes of at least 4 members (excludes halogenated alkanes) is 1. The van der Waals surface area contributed by atoms with Crippen LogP contribution in [0, 0.1) is 20.8 Å². The molecule has 2 rings (SSSR count). The average Bonchev–Trinajstić information content (AvgIpc) is 2.73. The molecule has 0 fully saturated rings. The van der Waals surface area contributed by atoms with Crippen LogP contribution in [-0.4, -0.2) is 30.5 Å². The summed E-state index contributed by atoms with van der Waals surface area (Å²) >= 11 is 0. The maximum Gasteiger partial charge on any atom is 0.239 e. The lowest BCUT2D eigenvalue weighted by atomic mass is 10.0. The van der Waals surface area contributed by atoms with Crippen molar-refractivity contribution in [2.45, 2.75) is 40.5 Å². The molecule has 0 aromatic heterocycles. The van der Waals surface area contributed by atoms with Crippen LogP contribution in [0.5, 0.6) is 0 Å². The molecule has 0 radical (unpaired) electrons. The molecule has 98 valence electrons. The van der Waals surface area contributed by atoms with Gasteiger partial charge in [-0.15, -0.1) is 0 Å². The van der Waals surface area contributed by atoms with Crippen molar-refractivity contribution >= 4 is 12.0 Å². The van der Waals surface area contributed by atoms with Gasteiger partial charge in [0.1, 0.15) is 18.8 Å². The smallest absolute Gasteiger partial charge is 0.239 e. The second kappa shape index (κ2) is 5.55. The van der Waals surface area contributed by atoms with Gasteiger partial charge in [0.25, 0.3) is 0 Å². The normalized spacial score (nSPS) is 15.1. The molecule has 2 nitrogen and oxygen atoms in total. The van der Waals surface area contributed by atoms with Gasteiger partial charge in [-0.2, -0.15) is 0 Å². The molecular formula is C16H25N2+. The molecule has 1 aromatic rings. The largest absolute Gasteiger partial charge is 0.264 e. The van der Waals surface area contributed by atoms with Crippen molar-refractivity contribution in [3.63, 3.8) is 0 Å². The monoisotopic (exact) mass is 245 g/mol. The van der Waals surface area contributed by atoms with Crippen LogP contribution in [0.1, 0.15) is 36.5 Å². The minimum atomic E-state index is 1.12. The molecule has 1 aromatic carbocycles. The first-order valence-electron chi connectivity index (χ1n) is 7.05. The van der Waals surface area contributed by atoms with Gasteiger partial charge in [0.2, 0.25) is 6.34 Å². The van der Waals surface area contributed by atoms with Gasteiger partial charge in [-0.3, -0.25) is 4.58 Å². The predicted molar refractivity (Wildman–Crippen MR) is 79.0 cm³/mol. The van der Waals surface area contributed by atoms with Gasteiger partial charge in [0, 0.05) is 0 Å². The summed E-state index contributed by atoms with van der Waals surface area (Å²) in [6.07, 6.45) is 4.86. The lowest BCUT2D eigenvalue weighted by Crippen LogP contribution is -2.20. The third kappa shape index (κ3) is 2.74. The number of hydrogen-bond acceptors (Lipinski definition) is 1. The zero-order valence-corrected chi connectivity index (χ0v) is 12.2. The van der Waals surface area contributed by atoms with Crippen molar-refractivity contribution in [2.75, 3.05) is 24.5 Å². The van der Waals surface area contributed by atoms with E-state index in [0.717, 1.165) is 13.1 Å². The van der Waals surface area contributed by atoms with Crippen molar-refractivity contribution < 1.29 is 4.58 Å². The summed E-state index contributed by atoms with van der Waals surface area (Å²) in [5.41, 5.74) is 5.54. The summed E-state index contributed by atoms with van der Waals surface area (Å²) in [6, 6.07) is 4.57. The first kappa shape index (κ1) is 13.1. The number of rotatable bonds is 4. The topological polar surface area (TPSA) is 6.25 Å². The third-order valence-corrected chi connectivity index (χ3v) is 3.65. The molecule has 0 N–H and O–H groups in total. The number of benzene rings is 1. The van der Waals surface area contributed by atoms with Crippen LogP contribution in [-0.2, 0) is 0 Å². The van der Waals surface area contributed by atoms with Gasteiger partial charge in [-0.1, -0.05) is 31.0 Å². The fourth-order valence-corrected chi connectivity index (χ4v) is 2.87. The standard InChI is InChI=1S/C16H25N2/c1-5-6-7-17-8-9-18(12-17)16-14(3)10-13(2)11-15(16)4/h10-12H,5-9H2,1-4H3/q+1. The Morgan fingerprint density at radius 2 is 1.83 bits per heavy atom.